The second-order valence-electron chi connectivity index (χ2n) is 3.66. The molecule has 1 unspecified atom stereocenters. The molecule has 0 radical (unpaired) electrons. The SMILES string of the molecule is C/C=C(\CCC)C(OC)c1cncn1C.CC. The van der Waals surface area contributed by atoms with Gasteiger partial charge in [0.15, 0.2) is 0 Å². The molecular weight excluding hydrogens is 212 g/mol. The minimum Gasteiger partial charge on any atom is -0.371 e. The number of aromatic nitrogens is 2. The van der Waals surface area contributed by atoms with Crippen molar-refractivity contribution in [3.8, 4) is 0 Å². The van der Waals surface area contributed by atoms with Gasteiger partial charge >= 0.3 is 0 Å². The number of imidazole rings is 1. The summed E-state index contributed by atoms with van der Waals surface area (Å²) >= 11 is 0. The highest BCUT2D eigenvalue weighted by Crippen LogP contribution is 2.27. The van der Waals surface area contributed by atoms with E-state index in [1.807, 2.05) is 31.7 Å². The summed E-state index contributed by atoms with van der Waals surface area (Å²) in [5.74, 6) is 0. The molecule has 1 rings (SSSR count). The van der Waals surface area contributed by atoms with E-state index >= 15 is 0 Å². The molecule has 0 aromatic carbocycles. The molecule has 0 aliphatic heterocycles. The minimum atomic E-state index is 0.0439. The fourth-order valence-electron chi connectivity index (χ4n) is 1.80. The third kappa shape index (κ3) is 4.35. The highest BCUT2D eigenvalue weighted by atomic mass is 16.5. The molecule has 1 heterocycles. The first-order chi connectivity index (χ1) is 8.24. The van der Waals surface area contributed by atoms with Crippen molar-refractivity contribution in [2.45, 2.75) is 46.6 Å². The van der Waals surface area contributed by atoms with Crippen LogP contribution in [0.25, 0.3) is 0 Å². The zero-order valence-electron chi connectivity index (χ0n) is 12.0. The van der Waals surface area contributed by atoms with Crippen LogP contribution in [0, 0.1) is 0 Å². The Bertz CT molecular complexity index is 329. The Balaban J connectivity index is 0.00000121. The maximum Gasteiger partial charge on any atom is 0.120 e. The Labute approximate surface area is 106 Å². The zero-order chi connectivity index (χ0) is 13.3. The third-order valence-electron chi connectivity index (χ3n) is 2.60. The molecule has 0 N–H and O–H groups in total. The maximum absolute atomic E-state index is 5.55. The highest BCUT2D eigenvalue weighted by Gasteiger charge is 2.17. The van der Waals surface area contributed by atoms with Gasteiger partial charge in [0.25, 0.3) is 0 Å². The molecule has 0 spiro atoms. The van der Waals surface area contributed by atoms with Crippen LogP contribution in [0.5, 0.6) is 0 Å². The number of aryl methyl sites for hydroxylation is 1. The van der Waals surface area contributed by atoms with E-state index in [9.17, 15) is 0 Å². The van der Waals surface area contributed by atoms with E-state index in [1.165, 1.54) is 5.57 Å². The molecule has 0 amide bonds. The molecule has 17 heavy (non-hydrogen) atoms. The number of methoxy groups -OCH3 is 1. The van der Waals surface area contributed by atoms with Crippen LogP contribution in [-0.2, 0) is 11.8 Å². The lowest BCUT2D eigenvalue weighted by Crippen LogP contribution is -2.09. The highest BCUT2D eigenvalue weighted by molar-refractivity contribution is 5.18. The molecule has 0 bridgehead atoms. The summed E-state index contributed by atoms with van der Waals surface area (Å²) in [6, 6.07) is 0. The molecule has 0 fully saturated rings. The van der Waals surface area contributed by atoms with E-state index in [2.05, 4.69) is 24.9 Å². The zero-order valence-corrected chi connectivity index (χ0v) is 12.0. The topological polar surface area (TPSA) is 27.1 Å². The Morgan fingerprint density at radius 1 is 1.53 bits per heavy atom. The Morgan fingerprint density at radius 2 is 2.18 bits per heavy atom. The second-order valence-corrected chi connectivity index (χ2v) is 3.66. The van der Waals surface area contributed by atoms with Gasteiger partial charge in [-0.1, -0.05) is 33.3 Å². The van der Waals surface area contributed by atoms with Gasteiger partial charge in [-0.15, -0.1) is 0 Å². The van der Waals surface area contributed by atoms with Crippen LogP contribution in [-0.4, -0.2) is 16.7 Å². The van der Waals surface area contributed by atoms with Crippen LogP contribution in [0.2, 0.25) is 0 Å². The van der Waals surface area contributed by atoms with E-state index in [1.54, 1.807) is 13.4 Å². The average Bonchev–Trinajstić information content (AvgIpc) is 2.78. The summed E-state index contributed by atoms with van der Waals surface area (Å²) in [4.78, 5) is 4.12. The van der Waals surface area contributed by atoms with Crippen molar-refractivity contribution in [3.05, 3.63) is 29.9 Å². The largest absolute Gasteiger partial charge is 0.371 e. The predicted octanol–water partition coefficient (Wildman–Crippen LogP) is 3.88. The lowest BCUT2D eigenvalue weighted by Gasteiger charge is -2.19. The van der Waals surface area contributed by atoms with Crippen LogP contribution in [0.3, 0.4) is 0 Å². The molecular formula is C14H26N2O. The van der Waals surface area contributed by atoms with Gasteiger partial charge in [0.05, 0.1) is 18.2 Å². The van der Waals surface area contributed by atoms with Gasteiger partial charge < -0.3 is 9.30 Å². The summed E-state index contributed by atoms with van der Waals surface area (Å²) in [5, 5.41) is 0. The fourth-order valence-corrected chi connectivity index (χ4v) is 1.80. The Hall–Kier alpha value is -1.09. The first kappa shape index (κ1) is 15.9. The number of allylic oxidation sites excluding steroid dienone is 1. The quantitative estimate of drug-likeness (QED) is 0.728. The monoisotopic (exact) mass is 238 g/mol. The van der Waals surface area contributed by atoms with Crippen molar-refractivity contribution in [2.24, 2.45) is 7.05 Å². The van der Waals surface area contributed by atoms with Crippen LogP contribution in [0.1, 0.15) is 52.3 Å². The molecule has 0 aliphatic carbocycles. The normalized spacial score (nSPS) is 12.9. The molecule has 1 atom stereocenters. The van der Waals surface area contributed by atoms with Crippen molar-refractivity contribution in [1.29, 1.82) is 0 Å². The molecule has 1 aromatic rings. The number of ether oxygens (including phenoxy) is 1. The second kappa shape index (κ2) is 8.99. The van der Waals surface area contributed by atoms with E-state index in [0.29, 0.717) is 0 Å². The van der Waals surface area contributed by atoms with Crippen LogP contribution >= 0.6 is 0 Å². The van der Waals surface area contributed by atoms with E-state index in [-0.39, 0.29) is 6.10 Å². The van der Waals surface area contributed by atoms with Gasteiger partial charge in [-0.05, 0) is 18.9 Å². The summed E-state index contributed by atoms with van der Waals surface area (Å²) in [5.41, 5.74) is 2.43. The molecule has 3 nitrogen and oxygen atoms in total. The third-order valence-corrected chi connectivity index (χ3v) is 2.60. The average molecular weight is 238 g/mol. The van der Waals surface area contributed by atoms with Gasteiger partial charge in [0, 0.05) is 14.2 Å². The van der Waals surface area contributed by atoms with Crippen molar-refractivity contribution >= 4 is 0 Å². The number of rotatable bonds is 5. The van der Waals surface area contributed by atoms with E-state index in [4.69, 9.17) is 4.74 Å². The number of hydrogen-bond acceptors (Lipinski definition) is 2. The van der Waals surface area contributed by atoms with Crippen molar-refractivity contribution in [2.75, 3.05) is 7.11 Å². The predicted molar refractivity (Wildman–Crippen MR) is 73.0 cm³/mol. The van der Waals surface area contributed by atoms with Gasteiger partial charge in [-0.3, -0.25) is 0 Å². The van der Waals surface area contributed by atoms with E-state index < -0.39 is 0 Å². The fraction of sp³-hybridized carbons (Fsp3) is 0.643. The maximum atomic E-state index is 5.55. The minimum absolute atomic E-state index is 0.0439. The van der Waals surface area contributed by atoms with Crippen LogP contribution in [0.4, 0.5) is 0 Å². The van der Waals surface area contributed by atoms with Crippen LogP contribution in [0.15, 0.2) is 24.2 Å². The summed E-state index contributed by atoms with van der Waals surface area (Å²) in [6.07, 6.45) is 8.07. The molecule has 0 aliphatic rings. The summed E-state index contributed by atoms with van der Waals surface area (Å²) < 4.78 is 7.56. The smallest absolute Gasteiger partial charge is 0.120 e. The van der Waals surface area contributed by atoms with Gasteiger partial charge in [0.2, 0.25) is 0 Å². The standard InChI is InChI=1S/C12H20N2O.C2H6/c1-5-7-10(6-2)12(15-4)11-8-13-9-14(11)3;1-2/h6,8-9,12H,5,7H2,1-4H3;1-2H3/b10-6+;. The first-order valence-electron chi connectivity index (χ1n) is 6.38. The summed E-state index contributed by atoms with van der Waals surface area (Å²) in [6.45, 7) is 8.24. The van der Waals surface area contributed by atoms with E-state index in [0.717, 1.165) is 18.5 Å². The lowest BCUT2D eigenvalue weighted by molar-refractivity contribution is 0.123. The Morgan fingerprint density at radius 3 is 2.53 bits per heavy atom. The van der Waals surface area contributed by atoms with Crippen LogP contribution < -0.4 is 0 Å². The molecule has 0 saturated heterocycles. The number of hydrogen-bond donors (Lipinski definition) is 0. The number of nitrogens with zero attached hydrogens (tertiary/aromatic N) is 2. The van der Waals surface area contributed by atoms with Gasteiger partial charge in [-0.25, -0.2) is 4.98 Å². The molecule has 0 saturated carbocycles. The van der Waals surface area contributed by atoms with Crippen molar-refractivity contribution in [1.82, 2.24) is 9.55 Å². The van der Waals surface area contributed by atoms with Gasteiger partial charge in [-0.2, -0.15) is 0 Å². The van der Waals surface area contributed by atoms with Crippen molar-refractivity contribution < 1.29 is 4.74 Å². The van der Waals surface area contributed by atoms with Gasteiger partial charge in [0.1, 0.15) is 6.10 Å². The molecule has 1 aromatic heterocycles. The molecule has 98 valence electrons. The lowest BCUT2D eigenvalue weighted by atomic mass is 10.0. The summed E-state index contributed by atoms with van der Waals surface area (Å²) in [7, 11) is 3.74. The first-order valence-corrected chi connectivity index (χ1v) is 6.38. The Kier molecular flexibility index (Phi) is 8.42. The van der Waals surface area contributed by atoms with Crippen molar-refractivity contribution in [3.63, 3.8) is 0 Å². The molecule has 3 heteroatoms.